The summed E-state index contributed by atoms with van der Waals surface area (Å²) in [4.78, 5) is 0. The number of aromatic amines is 1. The van der Waals surface area contributed by atoms with E-state index in [0.717, 1.165) is 12.1 Å². The van der Waals surface area contributed by atoms with Gasteiger partial charge in [0, 0.05) is 29.8 Å². The molecule has 4 heteroatoms. The van der Waals surface area contributed by atoms with Crippen LogP contribution in [0.5, 0.6) is 0 Å². The molecule has 4 nitrogen and oxygen atoms in total. The van der Waals surface area contributed by atoms with Gasteiger partial charge in [0.2, 0.25) is 0 Å². The summed E-state index contributed by atoms with van der Waals surface area (Å²) >= 11 is 0. The molecule has 0 aromatic carbocycles. The Bertz CT molecular complexity index is 321. The second-order valence-corrected chi connectivity index (χ2v) is 4.55. The minimum Gasteiger partial charge on any atom is -0.382 e. The second kappa shape index (κ2) is 2.98. The predicted octanol–water partition coefficient (Wildman–Crippen LogP) is 0.990. The average Bonchev–Trinajstić information content (AvgIpc) is 2.73. The van der Waals surface area contributed by atoms with Gasteiger partial charge < -0.3 is 11.1 Å². The fourth-order valence-corrected chi connectivity index (χ4v) is 2.87. The maximum absolute atomic E-state index is 5.61. The van der Waals surface area contributed by atoms with Crippen molar-refractivity contribution in [2.75, 3.05) is 5.73 Å². The van der Waals surface area contributed by atoms with Crippen molar-refractivity contribution in [3.63, 3.8) is 0 Å². The van der Waals surface area contributed by atoms with E-state index in [-0.39, 0.29) is 0 Å². The summed E-state index contributed by atoms with van der Waals surface area (Å²) in [5.41, 5.74) is 6.84. The molecule has 76 valence electrons. The fraction of sp³-hybridized carbons (Fsp3) is 0.700. The standard InChI is InChI=1S/C10H16N4/c11-10-5-9(13-14-10)6-3-7-1-2-8(4-6)12-7/h5-8,12H,1-4H2,(H3,11,13,14). The van der Waals surface area contributed by atoms with Crippen LogP contribution in [0.4, 0.5) is 5.82 Å². The van der Waals surface area contributed by atoms with Crippen LogP contribution in [-0.2, 0) is 0 Å². The van der Waals surface area contributed by atoms with Gasteiger partial charge in [-0.2, -0.15) is 5.10 Å². The molecule has 3 heterocycles. The minimum atomic E-state index is 0.617. The van der Waals surface area contributed by atoms with Crippen molar-refractivity contribution in [2.45, 2.75) is 43.7 Å². The summed E-state index contributed by atoms with van der Waals surface area (Å²) in [6.07, 6.45) is 5.14. The zero-order chi connectivity index (χ0) is 9.54. The molecule has 0 aliphatic carbocycles. The first-order valence-corrected chi connectivity index (χ1v) is 5.38. The lowest BCUT2D eigenvalue weighted by Crippen LogP contribution is -2.37. The van der Waals surface area contributed by atoms with Gasteiger partial charge in [0.1, 0.15) is 5.82 Å². The Morgan fingerprint density at radius 3 is 2.57 bits per heavy atom. The van der Waals surface area contributed by atoms with Crippen LogP contribution < -0.4 is 11.1 Å². The highest BCUT2D eigenvalue weighted by molar-refractivity contribution is 5.30. The molecule has 1 aromatic heterocycles. The lowest BCUT2D eigenvalue weighted by atomic mass is 9.90. The van der Waals surface area contributed by atoms with Gasteiger partial charge in [0.25, 0.3) is 0 Å². The number of nitrogens with two attached hydrogens (primary N) is 1. The molecule has 0 spiro atoms. The summed E-state index contributed by atoms with van der Waals surface area (Å²) < 4.78 is 0. The van der Waals surface area contributed by atoms with Gasteiger partial charge in [-0.1, -0.05) is 0 Å². The number of nitrogens with one attached hydrogen (secondary N) is 2. The van der Waals surface area contributed by atoms with Gasteiger partial charge in [-0.25, -0.2) is 0 Å². The minimum absolute atomic E-state index is 0.617. The molecule has 3 rings (SSSR count). The Morgan fingerprint density at radius 2 is 2.00 bits per heavy atom. The lowest BCUT2D eigenvalue weighted by Gasteiger charge is -2.28. The Hall–Kier alpha value is -1.03. The van der Waals surface area contributed by atoms with E-state index in [1.807, 2.05) is 6.07 Å². The van der Waals surface area contributed by atoms with Gasteiger partial charge in [-0.15, -0.1) is 0 Å². The van der Waals surface area contributed by atoms with Crippen LogP contribution in [0.3, 0.4) is 0 Å². The van der Waals surface area contributed by atoms with Crippen LogP contribution in [0.2, 0.25) is 0 Å². The summed E-state index contributed by atoms with van der Waals surface area (Å²) in [6, 6.07) is 3.43. The Kier molecular flexibility index (Phi) is 1.77. The van der Waals surface area contributed by atoms with Crippen LogP contribution in [-0.4, -0.2) is 22.3 Å². The number of hydrogen-bond donors (Lipinski definition) is 3. The zero-order valence-electron chi connectivity index (χ0n) is 8.16. The summed E-state index contributed by atoms with van der Waals surface area (Å²) in [7, 11) is 0. The van der Waals surface area contributed by atoms with Crippen molar-refractivity contribution in [2.24, 2.45) is 0 Å². The first kappa shape index (κ1) is 8.29. The molecule has 2 bridgehead atoms. The number of H-pyrrole nitrogens is 1. The van der Waals surface area contributed by atoms with Crippen molar-refractivity contribution < 1.29 is 0 Å². The molecule has 14 heavy (non-hydrogen) atoms. The van der Waals surface area contributed by atoms with E-state index in [1.54, 1.807) is 0 Å². The van der Waals surface area contributed by atoms with Crippen LogP contribution >= 0.6 is 0 Å². The SMILES string of the molecule is Nc1cc(C2CC3CCC(C2)N3)[nH]n1. The fourth-order valence-electron chi connectivity index (χ4n) is 2.87. The molecule has 2 fully saturated rings. The molecule has 0 saturated carbocycles. The average molecular weight is 192 g/mol. The maximum atomic E-state index is 5.61. The van der Waals surface area contributed by atoms with Crippen LogP contribution in [0, 0.1) is 0 Å². The number of aromatic nitrogens is 2. The summed E-state index contributed by atoms with van der Waals surface area (Å²) in [5.74, 6) is 1.25. The highest BCUT2D eigenvalue weighted by Gasteiger charge is 2.34. The predicted molar refractivity (Wildman–Crippen MR) is 54.9 cm³/mol. The number of hydrogen-bond acceptors (Lipinski definition) is 3. The smallest absolute Gasteiger partial charge is 0.145 e. The molecule has 2 aliphatic heterocycles. The van der Waals surface area contributed by atoms with Gasteiger partial charge >= 0.3 is 0 Å². The number of fused-ring (bicyclic) bond motifs is 2. The van der Waals surface area contributed by atoms with Crippen LogP contribution in [0.25, 0.3) is 0 Å². The van der Waals surface area contributed by atoms with Gasteiger partial charge in [-0.3, -0.25) is 5.10 Å². The molecule has 2 unspecified atom stereocenters. The Balaban J connectivity index is 1.80. The van der Waals surface area contributed by atoms with Crippen LogP contribution in [0.1, 0.15) is 37.3 Å². The molecule has 1 aromatic rings. The molecule has 2 atom stereocenters. The normalized spacial score (nSPS) is 36.1. The van der Waals surface area contributed by atoms with E-state index in [2.05, 4.69) is 15.5 Å². The van der Waals surface area contributed by atoms with Crippen molar-refractivity contribution in [3.8, 4) is 0 Å². The third kappa shape index (κ3) is 1.30. The monoisotopic (exact) mass is 192 g/mol. The van der Waals surface area contributed by atoms with Crippen molar-refractivity contribution in [1.82, 2.24) is 15.5 Å². The first-order chi connectivity index (χ1) is 6.81. The number of anilines is 1. The lowest BCUT2D eigenvalue weighted by molar-refractivity contribution is 0.359. The van der Waals surface area contributed by atoms with Gasteiger partial charge in [0.15, 0.2) is 0 Å². The highest BCUT2D eigenvalue weighted by Crippen LogP contribution is 2.36. The second-order valence-electron chi connectivity index (χ2n) is 4.55. The zero-order valence-corrected chi connectivity index (χ0v) is 8.16. The molecule has 0 radical (unpaired) electrons. The Labute approximate surface area is 83.3 Å². The van der Waals surface area contributed by atoms with Crippen molar-refractivity contribution in [3.05, 3.63) is 11.8 Å². The largest absolute Gasteiger partial charge is 0.382 e. The van der Waals surface area contributed by atoms with Crippen molar-refractivity contribution in [1.29, 1.82) is 0 Å². The van der Waals surface area contributed by atoms with Crippen LogP contribution in [0.15, 0.2) is 6.07 Å². The van der Waals surface area contributed by atoms with Crippen molar-refractivity contribution >= 4 is 5.82 Å². The maximum Gasteiger partial charge on any atom is 0.145 e. The molecule has 2 aliphatic rings. The molecule has 2 saturated heterocycles. The topological polar surface area (TPSA) is 66.7 Å². The summed E-state index contributed by atoms with van der Waals surface area (Å²) in [5, 5.41) is 10.7. The number of piperidine rings is 1. The summed E-state index contributed by atoms with van der Waals surface area (Å²) in [6.45, 7) is 0. The van der Waals surface area contributed by atoms with E-state index in [9.17, 15) is 0 Å². The number of nitrogens with zero attached hydrogens (tertiary/aromatic N) is 1. The molecular weight excluding hydrogens is 176 g/mol. The third-order valence-electron chi connectivity index (χ3n) is 3.53. The third-order valence-corrected chi connectivity index (χ3v) is 3.53. The first-order valence-electron chi connectivity index (χ1n) is 5.38. The Morgan fingerprint density at radius 1 is 1.29 bits per heavy atom. The molecule has 4 N–H and O–H groups in total. The number of nitrogen functional groups attached to an aromatic ring is 1. The number of rotatable bonds is 1. The van der Waals surface area contributed by atoms with E-state index < -0.39 is 0 Å². The molecular formula is C10H16N4. The van der Waals surface area contributed by atoms with Gasteiger partial charge in [0.05, 0.1) is 0 Å². The molecule has 0 amide bonds. The van der Waals surface area contributed by atoms with E-state index >= 15 is 0 Å². The van der Waals surface area contributed by atoms with E-state index in [4.69, 9.17) is 5.73 Å². The van der Waals surface area contributed by atoms with E-state index in [1.165, 1.54) is 31.4 Å². The van der Waals surface area contributed by atoms with Gasteiger partial charge in [-0.05, 0) is 25.7 Å². The quantitative estimate of drug-likeness (QED) is 0.621. The van der Waals surface area contributed by atoms with E-state index in [0.29, 0.717) is 11.7 Å². The highest BCUT2D eigenvalue weighted by atomic mass is 15.2.